The van der Waals surface area contributed by atoms with Gasteiger partial charge in [-0.3, -0.25) is 0 Å². The molecule has 0 aliphatic heterocycles. The number of hydrogen-bond donors (Lipinski definition) is 1. The van der Waals surface area contributed by atoms with Crippen LogP contribution >= 0.6 is 0 Å². The Balaban J connectivity index is 1.99. The van der Waals surface area contributed by atoms with E-state index < -0.39 is 0 Å². The molecule has 0 radical (unpaired) electrons. The van der Waals surface area contributed by atoms with Crippen molar-refractivity contribution in [2.75, 3.05) is 0 Å². The number of benzene rings is 2. The maximum atomic E-state index is 13.5. The highest BCUT2D eigenvalue weighted by Crippen LogP contribution is 2.15. The Morgan fingerprint density at radius 1 is 0.800 bits per heavy atom. The summed E-state index contributed by atoms with van der Waals surface area (Å²) < 4.78 is 13.5. The third-order valence-corrected chi connectivity index (χ3v) is 3.83. The number of nitrogens with one attached hydrogen (secondary N) is 1. The SMILES string of the molecule is Cc1cc(C)c(CNCc2ccc(C)c(F)c2)cc1C. The van der Waals surface area contributed by atoms with Crippen LogP contribution in [0.5, 0.6) is 0 Å². The monoisotopic (exact) mass is 271 g/mol. The van der Waals surface area contributed by atoms with Crippen molar-refractivity contribution >= 4 is 0 Å². The lowest BCUT2D eigenvalue weighted by atomic mass is 10.0. The summed E-state index contributed by atoms with van der Waals surface area (Å²) in [5, 5.41) is 3.39. The molecular formula is C18H22FN. The molecular weight excluding hydrogens is 249 g/mol. The van der Waals surface area contributed by atoms with E-state index in [0.717, 1.165) is 12.1 Å². The van der Waals surface area contributed by atoms with Crippen molar-refractivity contribution in [1.82, 2.24) is 5.32 Å². The van der Waals surface area contributed by atoms with Crippen molar-refractivity contribution in [3.05, 3.63) is 69.5 Å². The van der Waals surface area contributed by atoms with Gasteiger partial charge in [-0.05, 0) is 67.1 Å². The van der Waals surface area contributed by atoms with Crippen LogP contribution in [0, 0.1) is 33.5 Å². The van der Waals surface area contributed by atoms with E-state index in [0.29, 0.717) is 12.1 Å². The summed E-state index contributed by atoms with van der Waals surface area (Å²) in [6, 6.07) is 9.85. The first-order valence-electron chi connectivity index (χ1n) is 7.00. The fraction of sp³-hybridized carbons (Fsp3) is 0.333. The van der Waals surface area contributed by atoms with Gasteiger partial charge in [-0.1, -0.05) is 24.3 Å². The van der Waals surface area contributed by atoms with Gasteiger partial charge in [-0.2, -0.15) is 0 Å². The van der Waals surface area contributed by atoms with Crippen LogP contribution in [0.25, 0.3) is 0 Å². The molecule has 0 fully saturated rings. The molecule has 0 bridgehead atoms. The molecule has 2 aromatic rings. The molecule has 1 N–H and O–H groups in total. The fourth-order valence-electron chi connectivity index (χ4n) is 2.30. The summed E-state index contributed by atoms with van der Waals surface area (Å²) in [7, 11) is 0. The highest BCUT2D eigenvalue weighted by atomic mass is 19.1. The molecule has 0 atom stereocenters. The average molecular weight is 271 g/mol. The quantitative estimate of drug-likeness (QED) is 0.871. The minimum absolute atomic E-state index is 0.133. The minimum atomic E-state index is -0.133. The van der Waals surface area contributed by atoms with Gasteiger partial charge in [-0.15, -0.1) is 0 Å². The standard InChI is InChI=1S/C18H22FN/c1-12-5-6-16(9-18(12)19)10-20-11-17-8-14(3)13(2)7-15(17)4/h5-9,20H,10-11H2,1-4H3. The Morgan fingerprint density at radius 2 is 1.50 bits per heavy atom. The molecule has 0 saturated heterocycles. The van der Waals surface area contributed by atoms with Crippen LogP contribution in [0.2, 0.25) is 0 Å². The van der Waals surface area contributed by atoms with Gasteiger partial charge >= 0.3 is 0 Å². The van der Waals surface area contributed by atoms with Gasteiger partial charge in [0, 0.05) is 13.1 Å². The topological polar surface area (TPSA) is 12.0 Å². The summed E-state index contributed by atoms with van der Waals surface area (Å²) in [6.07, 6.45) is 0. The lowest BCUT2D eigenvalue weighted by Crippen LogP contribution is -2.14. The van der Waals surface area contributed by atoms with Gasteiger partial charge in [0.1, 0.15) is 5.82 Å². The summed E-state index contributed by atoms with van der Waals surface area (Å²) in [5.41, 5.74) is 6.92. The van der Waals surface area contributed by atoms with Crippen molar-refractivity contribution in [3.8, 4) is 0 Å². The van der Waals surface area contributed by atoms with Crippen LogP contribution in [0.1, 0.15) is 33.4 Å². The van der Waals surface area contributed by atoms with Crippen LogP contribution in [0.15, 0.2) is 30.3 Å². The van der Waals surface area contributed by atoms with Gasteiger partial charge in [0.25, 0.3) is 0 Å². The van der Waals surface area contributed by atoms with E-state index in [1.807, 2.05) is 12.1 Å². The molecule has 20 heavy (non-hydrogen) atoms. The molecule has 0 spiro atoms. The van der Waals surface area contributed by atoms with Crippen LogP contribution in [0.4, 0.5) is 4.39 Å². The molecule has 1 nitrogen and oxygen atoms in total. The summed E-state index contributed by atoms with van der Waals surface area (Å²) >= 11 is 0. The van der Waals surface area contributed by atoms with Crippen LogP contribution in [-0.2, 0) is 13.1 Å². The van der Waals surface area contributed by atoms with E-state index in [4.69, 9.17) is 0 Å². The van der Waals surface area contributed by atoms with Crippen LogP contribution in [0.3, 0.4) is 0 Å². The normalized spacial score (nSPS) is 10.8. The van der Waals surface area contributed by atoms with Gasteiger partial charge in [0.05, 0.1) is 0 Å². The smallest absolute Gasteiger partial charge is 0.126 e. The van der Waals surface area contributed by atoms with E-state index in [-0.39, 0.29) is 5.82 Å². The maximum absolute atomic E-state index is 13.5. The third-order valence-electron chi connectivity index (χ3n) is 3.83. The Bertz CT molecular complexity index is 617. The van der Waals surface area contributed by atoms with Crippen molar-refractivity contribution in [2.24, 2.45) is 0 Å². The molecule has 0 aromatic heterocycles. The van der Waals surface area contributed by atoms with Crippen molar-refractivity contribution in [1.29, 1.82) is 0 Å². The number of hydrogen-bond acceptors (Lipinski definition) is 1. The first-order valence-corrected chi connectivity index (χ1v) is 7.00. The van der Waals surface area contributed by atoms with Crippen molar-refractivity contribution in [3.63, 3.8) is 0 Å². The summed E-state index contributed by atoms with van der Waals surface area (Å²) in [6.45, 7) is 9.67. The predicted molar refractivity (Wildman–Crippen MR) is 82.3 cm³/mol. The lowest BCUT2D eigenvalue weighted by molar-refractivity contribution is 0.611. The molecule has 0 saturated carbocycles. The third kappa shape index (κ3) is 3.45. The summed E-state index contributed by atoms with van der Waals surface area (Å²) in [4.78, 5) is 0. The van der Waals surface area contributed by atoms with Gasteiger partial charge in [-0.25, -0.2) is 4.39 Å². The molecule has 2 heteroatoms. The lowest BCUT2D eigenvalue weighted by Gasteiger charge is -2.11. The molecule has 106 valence electrons. The van der Waals surface area contributed by atoms with Gasteiger partial charge < -0.3 is 5.32 Å². The Kier molecular flexibility index (Phi) is 4.56. The van der Waals surface area contributed by atoms with Gasteiger partial charge in [0.2, 0.25) is 0 Å². The first kappa shape index (κ1) is 14.7. The van der Waals surface area contributed by atoms with Crippen LogP contribution < -0.4 is 5.32 Å². The Morgan fingerprint density at radius 3 is 2.20 bits per heavy atom. The first-order chi connectivity index (χ1) is 9.47. The van der Waals surface area contributed by atoms with Gasteiger partial charge in [0.15, 0.2) is 0 Å². The number of halogens is 1. The zero-order valence-corrected chi connectivity index (χ0v) is 12.7. The van der Waals surface area contributed by atoms with E-state index in [9.17, 15) is 4.39 Å². The number of aryl methyl sites for hydroxylation is 4. The molecule has 0 aliphatic carbocycles. The average Bonchev–Trinajstić information content (AvgIpc) is 2.39. The largest absolute Gasteiger partial charge is 0.309 e. The fourth-order valence-corrected chi connectivity index (χ4v) is 2.30. The zero-order chi connectivity index (χ0) is 14.7. The Hall–Kier alpha value is -1.67. The second-order valence-corrected chi connectivity index (χ2v) is 5.55. The predicted octanol–water partition coefficient (Wildman–Crippen LogP) is 4.35. The second-order valence-electron chi connectivity index (χ2n) is 5.55. The second kappa shape index (κ2) is 6.19. The molecule has 2 rings (SSSR count). The van der Waals surface area contributed by atoms with E-state index in [2.05, 4.69) is 38.2 Å². The van der Waals surface area contributed by atoms with Crippen molar-refractivity contribution in [2.45, 2.75) is 40.8 Å². The van der Waals surface area contributed by atoms with E-state index in [1.165, 1.54) is 22.3 Å². The molecule has 2 aromatic carbocycles. The highest BCUT2D eigenvalue weighted by Gasteiger charge is 2.03. The van der Waals surface area contributed by atoms with Crippen LogP contribution in [-0.4, -0.2) is 0 Å². The molecule has 0 heterocycles. The molecule has 0 amide bonds. The summed E-state index contributed by atoms with van der Waals surface area (Å²) in [5.74, 6) is -0.133. The van der Waals surface area contributed by atoms with E-state index >= 15 is 0 Å². The number of rotatable bonds is 4. The minimum Gasteiger partial charge on any atom is -0.309 e. The van der Waals surface area contributed by atoms with Crippen molar-refractivity contribution < 1.29 is 4.39 Å². The highest BCUT2D eigenvalue weighted by molar-refractivity contribution is 5.36. The molecule has 0 aliphatic rings. The van der Waals surface area contributed by atoms with E-state index in [1.54, 1.807) is 13.0 Å². The molecule has 0 unspecified atom stereocenters. The maximum Gasteiger partial charge on any atom is 0.126 e. The Labute approximate surface area is 120 Å². The zero-order valence-electron chi connectivity index (χ0n) is 12.7.